The van der Waals surface area contributed by atoms with Gasteiger partial charge in [-0.3, -0.25) is 10.1 Å². The lowest BCUT2D eigenvalue weighted by Gasteiger charge is -2.18. The largest absolute Gasteiger partial charge is 0.398 e. The van der Waals surface area contributed by atoms with Crippen molar-refractivity contribution in [3.63, 3.8) is 0 Å². The maximum atomic E-state index is 11.6. The summed E-state index contributed by atoms with van der Waals surface area (Å²) >= 11 is 0. The van der Waals surface area contributed by atoms with Gasteiger partial charge in [-0.1, -0.05) is 72.8 Å². The van der Waals surface area contributed by atoms with Gasteiger partial charge in [0.05, 0.1) is 4.92 Å². The summed E-state index contributed by atoms with van der Waals surface area (Å²) in [7, 11) is 0. The third kappa shape index (κ3) is 3.22. The molecule has 0 heterocycles. The van der Waals surface area contributed by atoms with Crippen LogP contribution in [0.5, 0.6) is 0 Å². The van der Waals surface area contributed by atoms with E-state index in [2.05, 4.69) is 29.6 Å². The van der Waals surface area contributed by atoms with Crippen LogP contribution in [-0.2, 0) is 0 Å². The van der Waals surface area contributed by atoms with E-state index in [9.17, 15) is 10.1 Å². The summed E-state index contributed by atoms with van der Waals surface area (Å²) in [6, 6.07) is 30.7. The molecular formula is C26H19N3O2. The highest BCUT2D eigenvalue weighted by atomic mass is 16.6. The first-order valence-corrected chi connectivity index (χ1v) is 9.93. The monoisotopic (exact) mass is 405 g/mol. The van der Waals surface area contributed by atoms with Crippen LogP contribution in [0.1, 0.15) is 0 Å². The summed E-state index contributed by atoms with van der Waals surface area (Å²) in [5.74, 6) is 0. The molecule has 0 aliphatic carbocycles. The molecule has 0 amide bonds. The zero-order valence-corrected chi connectivity index (χ0v) is 16.6. The van der Waals surface area contributed by atoms with Gasteiger partial charge in [0.25, 0.3) is 5.69 Å². The summed E-state index contributed by atoms with van der Waals surface area (Å²) in [5, 5.41) is 19.1. The van der Waals surface area contributed by atoms with Crippen molar-refractivity contribution in [3.05, 3.63) is 107 Å². The van der Waals surface area contributed by atoms with Gasteiger partial charge in [-0.15, -0.1) is 0 Å². The van der Waals surface area contributed by atoms with E-state index in [0.717, 1.165) is 38.4 Å². The molecule has 0 saturated heterocycles. The Morgan fingerprint density at radius 1 is 0.645 bits per heavy atom. The summed E-state index contributed by atoms with van der Waals surface area (Å²) in [5.41, 5.74) is 10.2. The minimum atomic E-state index is -0.380. The molecule has 0 spiro atoms. The van der Waals surface area contributed by atoms with Crippen molar-refractivity contribution in [3.8, 4) is 11.1 Å². The molecule has 5 nitrogen and oxygen atoms in total. The maximum absolute atomic E-state index is 11.6. The number of nitrogens with zero attached hydrogens (tertiary/aromatic N) is 1. The Balaban J connectivity index is 1.83. The lowest BCUT2D eigenvalue weighted by Crippen LogP contribution is -2.00. The molecule has 0 saturated carbocycles. The molecule has 5 heteroatoms. The molecule has 5 rings (SSSR count). The summed E-state index contributed by atoms with van der Waals surface area (Å²) < 4.78 is 0. The van der Waals surface area contributed by atoms with Crippen molar-refractivity contribution in [1.82, 2.24) is 0 Å². The smallest absolute Gasteiger partial charge is 0.292 e. The predicted molar refractivity (Wildman–Crippen MR) is 128 cm³/mol. The van der Waals surface area contributed by atoms with E-state index in [-0.39, 0.29) is 10.6 Å². The summed E-state index contributed by atoms with van der Waals surface area (Å²) in [6.45, 7) is 0. The van der Waals surface area contributed by atoms with Crippen molar-refractivity contribution >= 4 is 44.3 Å². The Hall–Kier alpha value is -4.38. The topological polar surface area (TPSA) is 81.2 Å². The van der Waals surface area contributed by atoms with Gasteiger partial charge in [-0.25, -0.2) is 0 Å². The highest BCUT2D eigenvalue weighted by molar-refractivity contribution is 6.13. The fourth-order valence-electron chi connectivity index (χ4n) is 4.10. The number of nitro benzene ring substituents is 1. The van der Waals surface area contributed by atoms with E-state index < -0.39 is 0 Å². The van der Waals surface area contributed by atoms with Crippen molar-refractivity contribution in [2.75, 3.05) is 11.1 Å². The minimum absolute atomic E-state index is 0.0208. The molecule has 3 N–H and O–H groups in total. The second-order valence-electron chi connectivity index (χ2n) is 7.36. The van der Waals surface area contributed by atoms with E-state index in [4.69, 9.17) is 5.73 Å². The standard InChI is InChI=1S/C26H19N3O2/c27-21-15-13-17-7-1-3-9-19(17)25(21)26-20-10-4-2-8-18(20)14-16-23(26)28-22-11-5-6-12-24(22)29(30)31/h1-16,28H,27H2. The number of para-hydroxylation sites is 2. The lowest BCUT2D eigenvalue weighted by atomic mass is 9.91. The third-order valence-electron chi connectivity index (χ3n) is 5.51. The van der Waals surface area contributed by atoms with Crippen LogP contribution in [0, 0.1) is 10.1 Å². The molecule has 5 aromatic rings. The second kappa shape index (κ2) is 7.46. The van der Waals surface area contributed by atoms with Crippen molar-refractivity contribution in [1.29, 1.82) is 0 Å². The Kier molecular flexibility index (Phi) is 4.49. The van der Waals surface area contributed by atoms with Crippen LogP contribution in [0.4, 0.5) is 22.7 Å². The number of nitrogens with one attached hydrogen (secondary N) is 1. The quantitative estimate of drug-likeness (QED) is 0.194. The molecule has 0 atom stereocenters. The zero-order chi connectivity index (χ0) is 21.4. The highest BCUT2D eigenvalue weighted by Crippen LogP contribution is 2.44. The van der Waals surface area contributed by atoms with Gasteiger partial charge in [0.15, 0.2) is 0 Å². The van der Waals surface area contributed by atoms with Crippen LogP contribution in [0.2, 0.25) is 0 Å². The van der Waals surface area contributed by atoms with Gasteiger partial charge < -0.3 is 11.1 Å². The molecule has 5 aromatic carbocycles. The van der Waals surface area contributed by atoms with Crippen molar-refractivity contribution < 1.29 is 4.92 Å². The van der Waals surface area contributed by atoms with Crippen LogP contribution in [0.3, 0.4) is 0 Å². The van der Waals surface area contributed by atoms with Crippen LogP contribution in [0.25, 0.3) is 32.7 Å². The van der Waals surface area contributed by atoms with E-state index >= 15 is 0 Å². The number of benzene rings is 5. The van der Waals surface area contributed by atoms with Gasteiger partial charge in [0.1, 0.15) is 5.69 Å². The first-order chi connectivity index (χ1) is 15.1. The fourth-order valence-corrected chi connectivity index (χ4v) is 4.10. The van der Waals surface area contributed by atoms with E-state index in [0.29, 0.717) is 11.4 Å². The van der Waals surface area contributed by atoms with E-state index in [1.807, 2.05) is 48.5 Å². The van der Waals surface area contributed by atoms with E-state index in [1.54, 1.807) is 18.2 Å². The Morgan fingerprint density at radius 2 is 1.23 bits per heavy atom. The van der Waals surface area contributed by atoms with Gasteiger partial charge in [0.2, 0.25) is 0 Å². The molecule has 0 aromatic heterocycles. The predicted octanol–water partition coefficient (Wildman–Crippen LogP) is 6.89. The number of hydrogen-bond acceptors (Lipinski definition) is 4. The van der Waals surface area contributed by atoms with Gasteiger partial charge in [-0.2, -0.15) is 0 Å². The normalized spacial score (nSPS) is 11.0. The molecule has 0 unspecified atom stereocenters. The minimum Gasteiger partial charge on any atom is -0.398 e. The molecule has 0 aliphatic rings. The molecule has 31 heavy (non-hydrogen) atoms. The molecule has 0 aliphatic heterocycles. The second-order valence-corrected chi connectivity index (χ2v) is 7.36. The summed E-state index contributed by atoms with van der Waals surface area (Å²) in [6.07, 6.45) is 0. The van der Waals surface area contributed by atoms with Crippen molar-refractivity contribution in [2.45, 2.75) is 0 Å². The van der Waals surface area contributed by atoms with E-state index in [1.165, 1.54) is 6.07 Å². The van der Waals surface area contributed by atoms with Crippen LogP contribution in [0.15, 0.2) is 97.1 Å². The number of nitrogens with two attached hydrogens (primary N) is 1. The van der Waals surface area contributed by atoms with Crippen molar-refractivity contribution in [2.24, 2.45) is 0 Å². The summed E-state index contributed by atoms with van der Waals surface area (Å²) in [4.78, 5) is 11.2. The van der Waals surface area contributed by atoms with Crippen LogP contribution in [-0.4, -0.2) is 4.92 Å². The molecule has 0 radical (unpaired) electrons. The first kappa shape index (κ1) is 18.6. The number of nitro groups is 1. The molecular weight excluding hydrogens is 386 g/mol. The Morgan fingerprint density at radius 3 is 1.94 bits per heavy atom. The first-order valence-electron chi connectivity index (χ1n) is 9.93. The molecule has 0 bridgehead atoms. The molecule has 0 fully saturated rings. The Bertz CT molecular complexity index is 1460. The molecule has 150 valence electrons. The average molecular weight is 405 g/mol. The fraction of sp³-hybridized carbons (Fsp3) is 0. The van der Waals surface area contributed by atoms with Gasteiger partial charge in [0, 0.05) is 28.6 Å². The number of fused-ring (bicyclic) bond motifs is 2. The van der Waals surface area contributed by atoms with Gasteiger partial charge in [-0.05, 0) is 39.7 Å². The third-order valence-corrected chi connectivity index (χ3v) is 5.51. The van der Waals surface area contributed by atoms with Crippen LogP contribution >= 0.6 is 0 Å². The van der Waals surface area contributed by atoms with Crippen LogP contribution < -0.4 is 11.1 Å². The number of anilines is 3. The van der Waals surface area contributed by atoms with Gasteiger partial charge >= 0.3 is 0 Å². The number of rotatable bonds is 4. The maximum Gasteiger partial charge on any atom is 0.292 e. The zero-order valence-electron chi connectivity index (χ0n) is 16.6. The average Bonchev–Trinajstić information content (AvgIpc) is 2.80. The highest BCUT2D eigenvalue weighted by Gasteiger charge is 2.18. The number of hydrogen-bond donors (Lipinski definition) is 2. The SMILES string of the molecule is Nc1ccc2ccccc2c1-c1c(Nc2ccccc2[N+](=O)[O-])ccc2ccccc12. The lowest BCUT2D eigenvalue weighted by molar-refractivity contribution is -0.383. The Labute approximate surface area is 178 Å². The number of nitrogen functional groups attached to an aromatic ring is 1.